The Bertz CT molecular complexity index is 3790. The van der Waals surface area contributed by atoms with E-state index in [-0.39, 0.29) is 0 Å². The summed E-state index contributed by atoms with van der Waals surface area (Å²) in [6.07, 6.45) is 0. The number of benzene rings is 11. The summed E-state index contributed by atoms with van der Waals surface area (Å²) in [7, 11) is 0. The van der Waals surface area contributed by atoms with E-state index in [1.165, 1.54) is 50.1 Å². The first-order chi connectivity index (χ1) is 34.3. The minimum absolute atomic E-state index is 0.531. The number of hydrogen-bond acceptors (Lipinski definition) is 2. The van der Waals surface area contributed by atoms with Gasteiger partial charge in [0.15, 0.2) is 0 Å². The lowest BCUT2D eigenvalue weighted by Crippen LogP contribution is -2.28. The maximum atomic E-state index is 6.52. The lowest BCUT2D eigenvalue weighted by atomic mass is 9.67. The molecule has 12 aromatic rings. The number of anilines is 3. The fraction of sp³-hybridized carbons (Fsp3) is 0.0149. The molecule has 0 atom stereocenters. The third-order valence-electron chi connectivity index (χ3n) is 14.2. The summed E-state index contributed by atoms with van der Waals surface area (Å²) >= 11 is 0. The Morgan fingerprint density at radius 1 is 0.275 bits per heavy atom. The Morgan fingerprint density at radius 2 is 0.710 bits per heavy atom. The second-order valence-electron chi connectivity index (χ2n) is 17.9. The van der Waals surface area contributed by atoms with Gasteiger partial charge in [0, 0.05) is 27.5 Å². The molecule has 1 aliphatic carbocycles. The predicted molar refractivity (Wildman–Crippen MR) is 287 cm³/mol. The molecule has 0 radical (unpaired) electrons. The standard InChI is InChI=1S/C67H45NO/c1-4-22-46(23-5-1)47-42-44-48(45-43-47)51-28-11-16-37-60(51)68(62-39-18-13-30-53(62)55-34-21-41-64-66(55)57-32-14-19-40-63(57)69-64)61-38-17-12-29-52(61)54-33-20-36-59-65(54)56-31-10-15-35-58(56)67(59,49-24-6-2-7-25-49)50-26-8-3-9-27-50/h1-45H. The molecule has 1 aromatic heterocycles. The van der Waals surface area contributed by atoms with Crippen LogP contribution in [0.15, 0.2) is 277 Å². The molecular weight excluding hydrogens is 835 g/mol. The number of para-hydroxylation sites is 4. The lowest BCUT2D eigenvalue weighted by molar-refractivity contribution is 0.669. The molecule has 2 heteroatoms. The maximum absolute atomic E-state index is 6.52. The summed E-state index contributed by atoms with van der Waals surface area (Å²) in [5.41, 5.74) is 21.2. The summed E-state index contributed by atoms with van der Waals surface area (Å²) in [6.45, 7) is 0. The van der Waals surface area contributed by atoms with Crippen LogP contribution < -0.4 is 4.90 Å². The van der Waals surface area contributed by atoms with Crippen molar-refractivity contribution in [3.05, 3.63) is 295 Å². The quantitative estimate of drug-likeness (QED) is 0.144. The van der Waals surface area contributed by atoms with Gasteiger partial charge >= 0.3 is 0 Å². The van der Waals surface area contributed by atoms with Crippen LogP contribution in [0.4, 0.5) is 17.1 Å². The van der Waals surface area contributed by atoms with E-state index >= 15 is 0 Å². The van der Waals surface area contributed by atoms with E-state index in [1.54, 1.807) is 0 Å². The third kappa shape index (κ3) is 6.48. The van der Waals surface area contributed by atoms with E-state index in [9.17, 15) is 0 Å². The molecule has 0 fully saturated rings. The van der Waals surface area contributed by atoms with Gasteiger partial charge < -0.3 is 9.32 Å². The topological polar surface area (TPSA) is 16.4 Å². The van der Waals surface area contributed by atoms with Gasteiger partial charge in [0.1, 0.15) is 11.2 Å². The number of hydrogen-bond donors (Lipinski definition) is 0. The van der Waals surface area contributed by atoms with E-state index in [0.717, 1.165) is 66.8 Å². The molecule has 2 nitrogen and oxygen atoms in total. The Labute approximate surface area is 402 Å². The fourth-order valence-corrected chi connectivity index (χ4v) is 11.3. The smallest absolute Gasteiger partial charge is 0.136 e. The van der Waals surface area contributed by atoms with Gasteiger partial charge in [0.05, 0.1) is 22.5 Å². The minimum Gasteiger partial charge on any atom is -0.456 e. The van der Waals surface area contributed by atoms with Crippen LogP contribution in [0.5, 0.6) is 0 Å². The summed E-state index contributed by atoms with van der Waals surface area (Å²) in [5.74, 6) is 0. The molecule has 11 aromatic carbocycles. The number of nitrogens with zero attached hydrogens (tertiary/aromatic N) is 1. The SMILES string of the molecule is c1ccc(-c2ccc(-c3ccccc3N(c3ccccc3-c3cccc4c3-c3ccccc3C4(c3ccccc3)c3ccccc3)c3ccccc3-c3cccc4oc5ccccc5c34)cc2)cc1. The number of rotatable bonds is 9. The van der Waals surface area contributed by atoms with Crippen molar-refractivity contribution in [1.82, 2.24) is 0 Å². The summed E-state index contributed by atoms with van der Waals surface area (Å²) < 4.78 is 6.52. The maximum Gasteiger partial charge on any atom is 0.136 e. The van der Waals surface area contributed by atoms with Crippen LogP contribution >= 0.6 is 0 Å². The largest absolute Gasteiger partial charge is 0.456 e. The summed E-state index contributed by atoms with van der Waals surface area (Å²) in [5, 5.41) is 2.21. The molecule has 324 valence electrons. The molecule has 69 heavy (non-hydrogen) atoms. The van der Waals surface area contributed by atoms with Crippen LogP contribution in [0.2, 0.25) is 0 Å². The second kappa shape index (κ2) is 16.7. The zero-order chi connectivity index (χ0) is 45.7. The summed E-state index contributed by atoms with van der Waals surface area (Å²) in [4.78, 5) is 2.51. The van der Waals surface area contributed by atoms with Gasteiger partial charge in [-0.05, 0) is 91.5 Å². The first-order valence-electron chi connectivity index (χ1n) is 23.8. The first-order valence-corrected chi connectivity index (χ1v) is 23.8. The molecule has 0 amide bonds. The van der Waals surface area contributed by atoms with Crippen molar-refractivity contribution in [2.24, 2.45) is 0 Å². The van der Waals surface area contributed by atoms with Crippen LogP contribution in [0.25, 0.3) is 77.6 Å². The van der Waals surface area contributed by atoms with Crippen LogP contribution in [0.1, 0.15) is 22.3 Å². The lowest BCUT2D eigenvalue weighted by Gasteiger charge is -2.34. The molecule has 0 spiro atoms. The zero-order valence-corrected chi connectivity index (χ0v) is 37.8. The highest BCUT2D eigenvalue weighted by molar-refractivity contribution is 6.14. The van der Waals surface area contributed by atoms with Gasteiger partial charge in [-0.1, -0.05) is 243 Å². The Kier molecular flexibility index (Phi) is 9.77. The van der Waals surface area contributed by atoms with Crippen LogP contribution in [0.3, 0.4) is 0 Å². The molecule has 0 saturated carbocycles. The average molecular weight is 880 g/mol. The Hall–Kier alpha value is -8.98. The highest BCUT2D eigenvalue weighted by Crippen LogP contribution is 2.59. The fourth-order valence-electron chi connectivity index (χ4n) is 11.3. The van der Waals surface area contributed by atoms with Gasteiger partial charge in [-0.2, -0.15) is 0 Å². The highest BCUT2D eigenvalue weighted by atomic mass is 16.3. The summed E-state index contributed by atoms with van der Waals surface area (Å²) in [6, 6.07) is 99.4. The van der Waals surface area contributed by atoms with Gasteiger partial charge in [-0.15, -0.1) is 0 Å². The first kappa shape index (κ1) is 40.3. The van der Waals surface area contributed by atoms with Crippen LogP contribution in [-0.4, -0.2) is 0 Å². The van der Waals surface area contributed by atoms with Crippen LogP contribution in [0, 0.1) is 0 Å². The van der Waals surface area contributed by atoms with E-state index in [0.29, 0.717) is 0 Å². The Morgan fingerprint density at radius 3 is 1.39 bits per heavy atom. The van der Waals surface area contributed by atoms with Crippen molar-refractivity contribution in [2.75, 3.05) is 4.90 Å². The normalized spacial score (nSPS) is 12.5. The molecule has 0 bridgehead atoms. The molecule has 0 N–H and O–H groups in total. The van der Waals surface area contributed by atoms with Crippen molar-refractivity contribution < 1.29 is 4.42 Å². The Balaban J connectivity index is 1.09. The third-order valence-corrected chi connectivity index (χ3v) is 14.2. The van der Waals surface area contributed by atoms with Gasteiger partial charge in [0.25, 0.3) is 0 Å². The van der Waals surface area contributed by atoms with Crippen molar-refractivity contribution in [3.8, 4) is 55.6 Å². The van der Waals surface area contributed by atoms with Gasteiger partial charge in [-0.3, -0.25) is 0 Å². The molecular formula is C67H45NO. The molecule has 0 unspecified atom stereocenters. The minimum atomic E-state index is -0.531. The number of fused-ring (bicyclic) bond motifs is 6. The van der Waals surface area contributed by atoms with E-state index in [1.807, 2.05) is 6.07 Å². The average Bonchev–Trinajstić information content (AvgIpc) is 3.97. The predicted octanol–water partition coefficient (Wildman–Crippen LogP) is 18.1. The van der Waals surface area contributed by atoms with Crippen molar-refractivity contribution in [3.63, 3.8) is 0 Å². The zero-order valence-electron chi connectivity index (χ0n) is 37.8. The molecule has 13 rings (SSSR count). The molecule has 0 aliphatic heterocycles. The number of furan rings is 1. The second-order valence-corrected chi connectivity index (χ2v) is 17.9. The van der Waals surface area contributed by atoms with E-state index in [4.69, 9.17) is 4.42 Å². The monoisotopic (exact) mass is 879 g/mol. The van der Waals surface area contributed by atoms with Gasteiger partial charge in [0.2, 0.25) is 0 Å². The van der Waals surface area contributed by atoms with Crippen LogP contribution in [-0.2, 0) is 5.41 Å². The van der Waals surface area contributed by atoms with Crippen molar-refractivity contribution in [1.29, 1.82) is 0 Å². The van der Waals surface area contributed by atoms with E-state index < -0.39 is 5.41 Å². The van der Waals surface area contributed by atoms with Crippen molar-refractivity contribution >= 4 is 39.0 Å². The van der Waals surface area contributed by atoms with Crippen molar-refractivity contribution in [2.45, 2.75) is 5.41 Å². The molecule has 1 aliphatic rings. The highest BCUT2D eigenvalue weighted by Gasteiger charge is 2.47. The van der Waals surface area contributed by atoms with E-state index in [2.05, 4.69) is 272 Å². The molecule has 1 heterocycles. The molecule has 0 saturated heterocycles. The van der Waals surface area contributed by atoms with Gasteiger partial charge in [-0.25, -0.2) is 0 Å².